The molecule has 0 radical (unpaired) electrons. The van der Waals surface area contributed by atoms with Gasteiger partial charge in [0.15, 0.2) is 5.65 Å². The molecule has 35 heavy (non-hydrogen) atoms. The van der Waals surface area contributed by atoms with Crippen LogP contribution in [0.2, 0.25) is 0 Å². The van der Waals surface area contributed by atoms with Gasteiger partial charge in [-0.05, 0) is 49.3 Å². The molecule has 4 heterocycles. The molecule has 1 aliphatic rings. The van der Waals surface area contributed by atoms with Crippen LogP contribution in [-0.4, -0.2) is 60.3 Å². The highest BCUT2D eigenvalue weighted by Gasteiger charge is 2.21. The number of aromatic nitrogens is 5. The molecule has 1 fully saturated rings. The molecule has 0 unspecified atom stereocenters. The molecular weight excluding hydrogens is 458 g/mol. The fourth-order valence-electron chi connectivity index (χ4n) is 4.83. The lowest BCUT2D eigenvalue weighted by Crippen LogP contribution is -2.46. The summed E-state index contributed by atoms with van der Waals surface area (Å²) < 4.78 is 10.3. The van der Waals surface area contributed by atoms with E-state index in [1.807, 2.05) is 28.9 Å². The molecule has 0 saturated carbocycles. The highest BCUT2D eigenvalue weighted by atomic mass is 32.1. The molecule has 6 rings (SSSR count). The number of benzene rings is 2. The maximum absolute atomic E-state index is 5.83. The van der Waals surface area contributed by atoms with Crippen LogP contribution in [-0.2, 0) is 13.2 Å². The van der Waals surface area contributed by atoms with E-state index in [2.05, 4.69) is 68.5 Å². The van der Waals surface area contributed by atoms with Crippen LogP contribution < -0.4 is 0 Å². The first-order valence-corrected chi connectivity index (χ1v) is 12.3. The molecule has 0 amide bonds. The molecule has 8 nitrogen and oxygen atoms in total. The number of piperazine rings is 1. The minimum Gasteiger partial charge on any atom is -0.338 e. The molecule has 178 valence electrons. The summed E-state index contributed by atoms with van der Waals surface area (Å²) in [5.74, 6) is 1.31. The number of aryl methyl sites for hydroxylation is 2. The van der Waals surface area contributed by atoms with Gasteiger partial charge in [0.1, 0.15) is 0 Å². The SMILES string of the molecule is Cc1ccccc1-c1noc(CN2CCN(Cn3nc4cc(C)c5ccccc5n4c3=S)CC2)n1. The van der Waals surface area contributed by atoms with Gasteiger partial charge < -0.3 is 4.52 Å². The molecule has 2 aromatic carbocycles. The number of para-hydroxylation sites is 1. The molecule has 9 heteroatoms. The number of nitrogens with zero attached hydrogens (tertiary/aromatic N) is 7. The fourth-order valence-corrected chi connectivity index (χ4v) is 5.12. The first-order valence-electron chi connectivity index (χ1n) is 11.9. The van der Waals surface area contributed by atoms with Crippen molar-refractivity contribution >= 4 is 28.8 Å². The van der Waals surface area contributed by atoms with Crippen molar-refractivity contribution in [2.75, 3.05) is 26.2 Å². The number of hydrogen-bond acceptors (Lipinski definition) is 7. The van der Waals surface area contributed by atoms with Gasteiger partial charge in [-0.25, -0.2) is 4.68 Å². The zero-order valence-corrected chi connectivity index (χ0v) is 20.7. The Bertz CT molecular complexity index is 1580. The van der Waals surface area contributed by atoms with Gasteiger partial charge in [0.25, 0.3) is 0 Å². The summed E-state index contributed by atoms with van der Waals surface area (Å²) in [6.45, 7) is 9.21. The molecule has 1 aliphatic heterocycles. The number of rotatable bonds is 5. The van der Waals surface area contributed by atoms with E-state index in [0.29, 0.717) is 24.9 Å². The minimum absolute atomic E-state index is 0.653. The standard InChI is InChI=1S/C26H27N7OS/c1-18-7-3-4-9-21(18)25-27-24(34-29-25)16-30-11-13-31(14-12-30)17-32-26(35)33-22-10-6-5-8-20(22)19(2)15-23(33)28-32/h3-10,15H,11-14,16-17H2,1-2H3. The van der Waals surface area contributed by atoms with Crippen LogP contribution in [0.5, 0.6) is 0 Å². The van der Waals surface area contributed by atoms with Crippen molar-refractivity contribution in [1.82, 2.24) is 34.1 Å². The lowest BCUT2D eigenvalue weighted by Gasteiger charge is -2.33. The molecule has 3 aromatic heterocycles. The summed E-state index contributed by atoms with van der Waals surface area (Å²) >= 11 is 5.83. The lowest BCUT2D eigenvalue weighted by atomic mass is 10.1. The Morgan fingerprint density at radius 2 is 1.66 bits per heavy atom. The van der Waals surface area contributed by atoms with Crippen LogP contribution in [0.15, 0.2) is 59.1 Å². The Kier molecular flexibility index (Phi) is 5.68. The second-order valence-electron chi connectivity index (χ2n) is 9.18. The molecule has 1 saturated heterocycles. The summed E-state index contributed by atoms with van der Waals surface area (Å²) in [7, 11) is 0. The Morgan fingerprint density at radius 1 is 0.914 bits per heavy atom. The number of fused-ring (bicyclic) bond motifs is 3. The van der Waals surface area contributed by atoms with Gasteiger partial charge in [0.05, 0.1) is 18.7 Å². The Morgan fingerprint density at radius 3 is 2.49 bits per heavy atom. The summed E-state index contributed by atoms with van der Waals surface area (Å²) in [5.41, 5.74) is 5.36. The van der Waals surface area contributed by atoms with Crippen LogP contribution in [0.4, 0.5) is 0 Å². The van der Waals surface area contributed by atoms with E-state index in [1.54, 1.807) is 0 Å². The third kappa shape index (κ3) is 4.16. The van der Waals surface area contributed by atoms with Crippen molar-refractivity contribution < 1.29 is 4.52 Å². The fraction of sp³-hybridized carbons (Fsp3) is 0.308. The summed E-state index contributed by atoms with van der Waals surface area (Å²) in [5, 5.41) is 10.2. The van der Waals surface area contributed by atoms with Crippen molar-refractivity contribution in [3.8, 4) is 11.4 Å². The summed E-state index contributed by atoms with van der Waals surface area (Å²) in [4.78, 5) is 9.37. The lowest BCUT2D eigenvalue weighted by molar-refractivity contribution is 0.0910. The minimum atomic E-state index is 0.653. The van der Waals surface area contributed by atoms with E-state index >= 15 is 0 Å². The first kappa shape index (κ1) is 22.1. The van der Waals surface area contributed by atoms with Crippen LogP contribution in [0, 0.1) is 18.6 Å². The van der Waals surface area contributed by atoms with Crippen molar-refractivity contribution in [2.45, 2.75) is 27.1 Å². The second-order valence-corrected chi connectivity index (χ2v) is 9.55. The summed E-state index contributed by atoms with van der Waals surface area (Å²) in [6, 6.07) is 18.6. The average molecular weight is 486 g/mol. The quantitative estimate of drug-likeness (QED) is 0.341. The Labute approximate surface area is 208 Å². The predicted molar refractivity (Wildman–Crippen MR) is 138 cm³/mol. The Hall–Kier alpha value is -3.40. The van der Waals surface area contributed by atoms with Gasteiger partial charge in [0.2, 0.25) is 16.5 Å². The zero-order valence-electron chi connectivity index (χ0n) is 19.9. The molecular formula is C26H27N7OS. The van der Waals surface area contributed by atoms with Gasteiger partial charge in [0, 0.05) is 37.1 Å². The smallest absolute Gasteiger partial charge is 0.241 e. The Balaban J connectivity index is 1.12. The molecule has 0 aliphatic carbocycles. The van der Waals surface area contributed by atoms with Crippen molar-refractivity contribution in [2.24, 2.45) is 0 Å². The van der Waals surface area contributed by atoms with E-state index in [9.17, 15) is 0 Å². The molecule has 0 atom stereocenters. The molecule has 0 N–H and O–H groups in total. The van der Waals surface area contributed by atoms with Crippen LogP contribution >= 0.6 is 12.2 Å². The van der Waals surface area contributed by atoms with E-state index in [-0.39, 0.29) is 0 Å². The first-order chi connectivity index (χ1) is 17.1. The van der Waals surface area contributed by atoms with E-state index in [1.165, 1.54) is 10.9 Å². The van der Waals surface area contributed by atoms with Gasteiger partial charge in [-0.15, -0.1) is 0 Å². The second kappa shape index (κ2) is 8.99. The average Bonchev–Trinajstić information content (AvgIpc) is 3.45. The normalized spacial score (nSPS) is 15.4. The van der Waals surface area contributed by atoms with Crippen molar-refractivity contribution in [1.29, 1.82) is 0 Å². The zero-order chi connectivity index (χ0) is 23.9. The molecule has 5 aromatic rings. The maximum Gasteiger partial charge on any atom is 0.241 e. The van der Waals surface area contributed by atoms with Crippen LogP contribution in [0.1, 0.15) is 17.0 Å². The van der Waals surface area contributed by atoms with Gasteiger partial charge in [-0.2, -0.15) is 10.1 Å². The monoisotopic (exact) mass is 485 g/mol. The molecule has 0 spiro atoms. The third-order valence-corrected chi connectivity index (χ3v) is 7.18. The highest BCUT2D eigenvalue weighted by Crippen LogP contribution is 2.22. The van der Waals surface area contributed by atoms with Crippen molar-refractivity contribution in [3.63, 3.8) is 0 Å². The van der Waals surface area contributed by atoms with Gasteiger partial charge in [-0.1, -0.05) is 47.6 Å². The highest BCUT2D eigenvalue weighted by molar-refractivity contribution is 7.71. The van der Waals surface area contributed by atoms with E-state index < -0.39 is 0 Å². The van der Waals surface area contributed by atoms with Gasteiger partial charge in [-0.3, -0.25) is 14.2 Å². The van der Waals surface area contributed by atoms with Crippen LogP contribution in [0.25, 0.3) is 27.9 Å². The largest absolute Gasteiger partial charge is 0.338 e. The van der Waals surface area contributed by atoms with Crippen molar-refractivity contribution in [3.05, 3.63) is 76.4 Å². The molecule has 0 bridgehead atoms. The van der Waals surface area contributed by atoms with E-state index in [0.717, 1.165) is 53.2 Å². The maximum atomic E-state index is 5.83. The number of pyridine rings is 1. The number of hydrogen-bond donors (Lipinski definition) is 0. The van der Waals surface area contributed by atoms with Gasteiger partial charge >= 0.3 is 0 Å². The van der Waals surface area contributed by atoms with E-state index in [4.69, 9.17) is 21.8 Å². The third-order valence-electron chi connectivity index (χ3n) is 6.79. The topological polar surface area (TPSA) is 67.6 Å². The van der Waals surface area contributed by atoms with Crippen LogP contribution in [0.3, 0.4) is 0 Å². The predicted octanol–water partition coefficient (Wildman–Crippen LogP) is 4.46. The summed E-state index contributed by atoms with van der Waals surface area (Å²) in [6.07, 6.45) is 0.